The molecule has 2 amide bonds. The molecule has 0 aliphatic carbocycles. The molecule has 3 aliphatic heterocycles. The van der Waals surface area contributed by atoms with Gasteiger partial charge in [0.25, 0.3) is 0 Å². The molecule has 1 unspecified atom stereocenters. The summed E-state index contributed by atoms with van der Waals surface area (Å²) >= 11 is 1.72. The zero-order valence-corrected chi connectivity index (χ0v) is 13.9. The van der Waals surface area contributed by atoms with Crippen LogP contribution >= 0.6 is 11.8 Å². The summed E-state index contributed by atoms with van der Waals surface area (Å²) in [6.07, 6.45) is 2.63. The van der Waals surface area contributed by atoms with Gasteiger partial charge in [0.1, 0.15) is 6.04 Å². The highest BCUT2D eigenvalue weighted by Gasteiger charge is 2.36. The number of piperazine rings is 2. The van der Waals surface area contributed by atoms with Gasteiger partial charge in [-0.25, -0.2) is 0 Å². The summed E-state index contributed by atoms with van der Waals surface area (Å²) in [5, 5.41) is 2.89. The van der Waals surface area contributed by atoms with Crippen molar-refractivity contribution < 1.29 is 9.59 Å². The maximum Gasteiger partial charge on any atom is 0.239 e. The number of hydrogen-bond donors (Lipinski definition) is 1. The molecule has 124 valence electrons. The molecule has 0 aromatic heterocycles. The summed E-state index contributed by atoms with van der Waals surface area (Å²) in [6.45, 7) is 7.30. The fourth-order valence-electron chi connectivity index (χ4n) is 3.45. The highest BCUT2D eigenvalue weighted by molar-refractivity contribution is 7.99. The third-order valence-electron chi connectivity index (χ3n) is 4.82. The molecule has 3 aliphatic rings. The van der Waals surface area contributed by atoms with Crippen molar-refractivity contribution in [2.45, 2.75) is 18.9 Å². The number of thioether (sulfide) groups is 1. The number of nitrogens with zero attached hydrogens (tertiary/aromatic N) is 3. The Labute approximate surface area is 136 Å². The summed E-state index contributed by atoms with van der Waals surface area (Å²) in [6, 6.07) is -0.138. The van der Waals surface area contributed by atoms with Gasteiger partial charge in [0.2, 0.25) is 11.8 Å². The Morgan fingerprint density at radius 3 is 2.82 bits per heavy atom. The quantitative estimate of drug-likeness (QED) is 0.688. The third-order valence-corrected chi connectivity index (χ3v) is 5.74. The van der Waals surface area contributed by atoms with E-state index in [1.807, 2.05) is 4.90 Å². The summed E-state index contributed by atoms with van der Waals surface area (Å²) in [5.41, 5.74) is 0. The van der Waals surface area contributed by atoms with Gasteiger partial charge in [-0.1, -0.05) is 0 Å². The first-order valence-electron chi connectivity index (χ1n) is 8.34. The van der Waals surface area contributed by atoms with Gasteiger partial charge < -0.3 is 15.1 Å². The van der Waals surface area contributed by atoms with E-state index < -0.39 is 0 Å². The number of hydrogen-bond acceptors (Lipinski definition) is 5. The number of carbonyl (C=O) groups is 2. The molecule has 22 heavy (non-hydrogen) atoms. The van der Waals surface area contributed by atoms with Crippen molar-refractivity contribution in [2.75, 3.05) is 63.9 Å². The predicted octanol–water partition coefficient (Wildman–Crippen LogP) is -0.542. The average Bonchev–Trinajstić information content (AvgIpc) is 3.05. The van der Waals surface area contributed by atoms with Crippen molar-refractivity contribution in [3.05, 3.63) is 0 Å². The van der Waals surface area contributed by atoms with Crippen LogP contribution in [-0.2, 0) is 9.59 Å². The van der Waals surface area contributed by atoms with E-state index in [4.69, 9.17) is 0 Å². The molecule has 1 N–H and O–H groups in total. The van der Waals surface area contributed by atoms with Gasteiger partial charge in [0.05, 0.1) is 5.75 Å². The summed E-state index contributed by atoms with van der Waals surface area (Å²) in [4.78, 5) is 30.8. The van der Waals surface area contributed by atoms with E-state index in [1.165, 1.54) is 25.9 Å². The van der Waals surface area contributed by atoms with Crippen LogP contribution in [0.25, 0.3) is 0 Å². The minimum absolute atomic E-state index is 0.0745. The number of rotatable bonds is 5. The maximum absolute atomic E-state index is 12.3. The van der Waals surface area contributed by atoms with Gasteiger partial charge in [-0.3, -0.25) is 14.5 Å². The van der Waals surface area contributed by atoms with Crippen molar-refractivity contribution in [3.63, 3.8) is 0 Å². The third kappa shape index (κ3) is 3.94. The van der Waals surface area contributed by atoms with Crippen molar-refractivity contribution >= 4 is 23.6 Å². The molecule has 3 rings (SSSR count). The average molecular weight is 326 g/mol. The van der Waals surface area contributed by atoms with Crippen molar-refractivity contribution in [1.29, 1.82) is 0 Å². The van der Waals surface area contributed by atoms with E-state index in [0.717, 1.165) is 38.5 Å². The second kappa shape index (κ2) is 7.66. The molecular weight excluding hydrogens is 300 g/mol. The lowest BCUT2D eigenvalue weighted by molar-refractivity contribution is -0.138. The molecule has 0 spiro atoms. The molecule has 0 aromatic carbocycles. The van der Waals surface area contributed by atoms with Crippen LogP contribution in [0.1, 0.15) is 12.8 Å². The van der Waals surface area contributed by atoms with E-state index in [9.17, 15) is 9.59 Å². The fourth-order valence-corrected chi connectivity index (χ4v) is 4.34. The lowest BCUT2D eigenvalue weighted by Crippen LogP contribution is -2.64. The van der Waals surface area contributed by atoms with Gasteiger partial charge in [0, 0.05) is 45.0 Å². The zero-order valence-electron chi connectivity index (χ0n) is 13.1. The van der Waals surface area contributed by atoms with E-state index in [-0.39, 0.29) is 17.9 Å². The Bertz CT molecular complexity index is 414. The predicted molar refractivity (Wildman–Crippen MR) is 87.9 cm³/mol. The van der Waals surface area contributed by atoms with Crippen molar-refractivity contribution in [2.24, 2.45) is 0 Å². The lowest BCUT2D eigenvalue weighted by atomic mass is 10.1. The van der Waals surface area contributed by atoms with Crippen molar-refractivity contribution in [3.8, 4) is 0 Å². The van der Waals surface area contributed by atoms with Crippen LogP contribution in [0.5, 0.6) is 0 Å². The van der Waals surface area contributed by atoms with Crippen LogP contribution in [0.3, 0.4) is 0 Å². The molecule has 0 bridgehead atoms. The number of likely N-dealkylation sites (tertiary alicyclic amines) is 1. The Morgan fingerprint density at radius 1 is 1.18 bits per heavy atom. The smallest absolute Gasteiger partial charge is 0.239 e. The van der Waals surface area contributed by atoms with Crippen molar-refractivity contribution in [1.82, 2.24) is 20.0 Å². The Hall–Kier alpha value is -0.790. The summed E-state index contributed by atoms with van der Waals surface area (Å²) in [5.74, 6) is 1.83. The van der Waals surface area contributed by atoms with E-state index in [2.05, 4.69) is 15.1 Å². The van der Waals surface area contributed by atoms with Crippen LogP contribution in [0.2, 0.25) is 0 Å². The van der Waals surface area contributed by atoms with Gasteiger partial charge in [-0.05, 0) is 25.9 Å². The van der Waals surface area contributed by atoms with Gasteiger partial charge in [0.15, 0.2) is 0 Å². The SMILES string of the molecule is O=C1NCCN2CCN(C(=O)CSCCN3CCCC3)CC12. The van der Waals surface area contributed by atoms with E-state index in [0.29, 0.717) is 12.3 Å². The summed E-state index contributed by atoms with van der Waals surface area (Å²) in [7, 11) is 0. The minimum Gasteiger partial charge on any atom is -0.353 e. The molecule has 3 fully saturated rings. The highest BCUT2D eigenvalue weighted by atomic mass is 32.2. The molecule has 0 radical (unpaired) electrons. The Morgan fingerprint density at radius 2 is 2.00 bits per heavy atom. The molecule has 3 heterocycles. The standard InChI is InChI=1S/C15H26N4O2S/c20-14(12-22-10-9-17-4-1-2-5-17)19-8-7-18-6-3-16-15(21)13(18)11-19/h13H,1-12H2,(H,16,21). The van der Waals surface area contributed by atoms with Gasteiger partial charge in [-0.2, -0.15) is 11.8 Å². The van der Waals surface area contributed by atoms with Crippen LogP contribution < -0.4 is 5.32 Å². The fraction of sp³-hybridized carbons (Fsp3) is 0.867. The highest BCUT2D eigenvalue weighted by Crippen LogP contribution is 2.15. The molecule has 0 saturated carbocycles. The second-order valence-corrected chi connectivity index (χ2v) is 7.39. The van der Waals surface area contributed by atoms with Crippen LogP contribution in [0.15, 0.2) is 0 Å². The van der Waals surface area contributed by atoms with Crippen LogP contribution in [-0.4, -0.2) is 96.4 Å². The van der Waals surface area contributed by atoms with Gasteiger partial charge in [-0.15, -0.1) is 0 Å². The monoisotopic (exact) mass is 326 g/mol. The molecule has 7 heteroatoms. The summed E-state index contributed by atoms with van der Waals surface area (Å²) < 4.78 is 0. The first-order chi connectivity index (χ1) is 10.7. The number of nitrogens with one attached hydrogen (secondary N) is 1. The van der Waals surface area contributed by atoms with E-state index in [1.54, 1.807) is 11.8 Å². The maximum atomic E-state index is 12.3. The molecule has 1 atom stereocenters. The topological polar surface area (TPSA) is 55.9 Å². The van der Waals surface area contributed by atoms with Gasteiger partial charge >= 0.3 is 0 Å². The second-order valence-electron chi connectivity index (χ2n) is 6.28. The molecular formula is C15H26N4O2S. The molecule has 3 saturated heterocycles. The largest absolute Gasteiger partial charge is 0.353 e. The lowest BCUT2D eigenvalue weighted by Gasteiger charge is -2.43. The normalized spacial score (nSPS) is 26.8. The first kappa shape index (κ1) is 16.1. The number of amides is 2. The minimum atomic E-state index is -0.138. The first-order valence-corrected chi connectivity index (χ1v) is 9.49. The Kier molecular flexibility index (Phi) is 5.60. The molecule has 0 aromatic rings. The zero-order chi connectivity index (χ0) is 15.4. The number of carbonyl (C=O) groups excluding carboxylic acids is 2. The van der Waals surface area contributed by atoms with Crippen LogP contribution in [0, 0.1) is 0 Å². The van der Waals surface area contributed by atoms with E-state index >= 15 is 0 Å². The number of fused-ring (bicyclic) bond motifs is 1. The molecule has 6 nitrogen and oxygen atoms in total. The van der Waals surface area contributed by atoms with Crippen LogP contribution in [0.4, 0.5) is 0 Å². The Balaban J connectivity index is 1.37.